The Bertz CT molecular complexity index is 823. The Hall–Kier alpha value is -1.69. The number of fused-ring (bicyclic) bond motifs is 3. The van der Waals surface area contributed by atoms with Crippen LogP contribution in [0.1, 0.15) is 24.4 Å². The van der Waals surface area contributed by atoms with Crippen molar-refractivity contribution in [2.45, 2.75) is 54.8 Å². The van der Waals surface area contributed by atoms with Gasteiger partial charge in [-0.2, -0.15) is 13.2 Å². The summed E-state index contributed by atoms with van der Waals surface area (Å²) < 4.78 is 62.2. The molecule has 0 amide bonds. The largest absolute Gasteiger partial charge is 0.454 e. The van der Waals surface area contributed by atoms with Crippen molar-refractivity contribution in [3.63, 3.8) is 0 Å². The van der Waals surface area contributed by atoms with Crippen LogP contribution in [0.3, 0.4) is 0 Å². The summed E-state index contributed by atoms with van der Waals surface area (Å²) in [6.07, 6.45) is -6.01. The third-order valence-electron chi connectivity index (χ3n) is 5.41. The zero-order valence-electron chi connectivity index (χ0n) is 15.1. The fourth-order valence-corrected chi connectivity index (χ4v) is 5.15. The molecular formula is C18H19F3N2O5S. The molecule has 4 aliphatic heterocycles. The standard InChI is InChI=1S/C18H19F3N2O5S/c19-18(20,21)15-4-9(8-1-2-11-12(3-8)27-7-26-11)22-17(23-15)29-14-5-10(24)16-25-6-13(14)28-16/h1-3,9-10,13-16,24H,4-7H2,(H,22,23)/t9-,10+,13-,14-,15+,16+/m0/s1. The van der Waals surface area contributed by atoms with Crippen LogP contribution in [0.2, 0.25) is 0 Å². The molecular weight excluding hydrogens is 413 g/mol. The second kappa shape index (κ2) is 7.22. The highest BCUT2D eigenvalue weighted by Gasteiger charge is 2.47. The molecule has 4 heterocycles. The van der Waals surface area contributed by atoms with E-state index in [2.05, 4.69) is 10.3 Å². The van der Waals surface area contributed by atoms with E-state index in [1.54, 1.807) is 18.2 Å². The van der Waals surface area contributed by atoms with E-state index in [0.717, 1.165) is 0 Å². The smallest absolute Gasteiger partial charge is 0.408 e. The number of thioether (sulfide) groups is 1. The van der Waals surface area contributed by atoms with Crippen LogP contribution in [0.25, 0.3) is 0 Å². The molecule has 0 aromatic heterocycles. The van der Waals surface area contributed by atoms with Crippen LogP contribution in [-0.2, 0) is 9.47 Å². The molecule has 7 nitrogen and oxygen atoms in total. The third-order valence-corrected chi connectivity index (χ3v) is 6.65. The highest BCUT2D eigenvalue weighted by atomic mass is 32.2. The molecule has 158 valence electrons. The Morgan fingerprint density at radius 1 is 1.17 bits per heavy atom. The van der Waals surface area contributed by atoms with E-state index >= 15 is 0 Å². The predicted octanol–water partition coefficient (Wildman–Crippen LogP) is 2.34. The van der Waals surface area contributed by atoms with E-state index in [1.807, 2.05) is 0 Å². The maximum atomic E-state index is 13.6. The fraction of sp³-hybridized carbons (Fsp3) is 0.611. The predicted molar refractivity (Wildman–Crippen MR) is 97.0 cm³/mol. The molecule has 2 saturated heterocycles. The van der Waals surface area contributed by atoms with Gasteiger partial charge in [0, 0.05) is 11.7 Å². The number of benzene rings is 1. The molecule has 29 heavy (non-hydrogen) atoms. The number of amidine groups is 1. The number of ether oxygens (including phenoxy) is 4. The number of aliphatic hydroxyl groups is 1. The number of aliphatic imine (C=N–C) groups is 1. The van der Waals surface area contributed by atoms with Gasteiger partial charge in [-0.05, 0) is 24.1 Å². The van der Waals surface area contributed by atoms with Gasteiger partial charge in [-0.1, -0.05) is 17.8 Å². The first-order chi connectivity index (χ1) is 13.9. The van der Waals surface area contributed by atoms with E-state index in [9.17, 15) is 18.3 Å². The van der Waals surface area contributed by atoms with Crippen LogP contribution < -0.4 is 14.8 Å². The topological polar surface area (TPSA) is 81.5 Å². The summed E-state index contributed by atoms with van der Waals surface area (Å²) in [5.74, 6) is 1.07. The molecule has 11 heteroatoms. The van der Waals surface area contributed by atoms with Crippen LogP contribution >= 0.6 is 11.8 Å². The van der Waals surface area contributed by atoms with Gasteiger partial charge in [0.25, 0.3) is 0 Å². The minimum absolute atomic E-state index is 0.0923. The number of alkyl halides is 3. The summed E-state index contributed by atoms with van der Waals surface area (Å²) >= 11 is 1.17. The summed E-state index contributed by atoms with van der Waals surface area (Å²) in [6, 6.07) is 2.68. The summed E-state index contributed by atoms with van der Waals surface area (Å²) in [5.41, 5.74) is 0.632. The lowest BCUT2D eigenvalue weighted by atomic mass is 9.98. The van der Waals surface area contributed by atoms with Crippen molar-refractivity contribution in [2.24, 2.45) is 4.99 Å². The SMILES string of the molecule is O[C@@H]1C[C@H](SC2=N[C@H](c3ccc4c(c3)OCO4)C[C@H](C(F)(F)F)N2)[C@@H]2CO[C@@H]1O2. The van der Waals surface area contributed by atoms with Crippen molar-refractivity contribution in [1.82, 2.24) is 5.32 Å². The van der Waals surface area contributed by atoms with E-state index in [0.29, 0.717) is 30.1 Å². The maximum absolute atomic E-state index is 13.6. The first kappa shape index (κ1) is 19.3. The highest BCUT2D eigenvalue weighted by molar-refractivity contribution is 8.14. The van der Waals surface area contributed by atoms with Crippen molar-refractivity contribution in [1.29, 1.82) is 0 Å². The number of rotatable bonds is 2. The van der Waals surface area contributed by atoms with Crippen molar-refractivity contribution in [3.8, 4) is 11.5 Å². The van der Waals surface area contributed by atoms with Crippen LogP contribution in [0, 0.1) is 0 Å². The van der Waals surface area contributed by atoms with Gasteiger partial charge in [-0.3, -0.25) is 4.99 Å². The number of hydrogen-bond donors (Lipinski definition) is 2. The zero-order valence-corrected chi connectivity index (χ0v) is 15.9. The second-order valence-corrected chi connectivity index (χ2v) is 8.60. The van der Waals surface area contributed by atoms with Crippen LogP contribution in [0.4, 0.5) is 13.2 Å². The van der Waals surface area contributed by atoms with E-state index in [-0.39, 0.29) is 29.7 Å². The molecule has 1 aromatic carbocycles. The van der Waals surface area contributed by atoms with Gasteiger partial charge >= 0.3 is 6.18 Å². The quantitative estimate of drug-likeness (QED) is 0.743. The van der Waals surface area contributed by atoms with Crippen molar-refractivity contribution < 1.29 is 37.2 Å². The van der Waals surface area contributed by atoms with Gasteiger partial charge in [-0.15, -0.1) is 0 Å². The monoisotopic (exact) mass is 432 g/mol. The molecule has 0 unspecified atom stereocenters. The second-order valence-electron chi connectivity index (χ2n) is 7.37. The van der Waals surface area contributed by atoms with Crippen molar-refractivity contribution >= 4 is 16.9 Å². The maximum Gasteiger partial charge on any atom is 0.408 e. The van der Waals surface area contributed by atoms with Crippen molar-refractivity contribution in [2.75, 3.05) is 13.4 Å². The minimum atomic E-state index is -4.42. The van der Waals surface area contributed by atoms with Crippen molar-refractivity contribution in [3.05, 3.63) is 23.8 Å². The molecule has 2 fully saturated rings. The Labute approximate surface area is 168 Å². The zero-order chi connectivity index (χ0) is 20.2. The molecule has 0 radical (unpaired) electrons. The van der Waals surface area contributed by atoms with Gasteiger partial charge in [0.05, 0.1) is 18.8 Å². The molecule has 0 spiro atoms. The Morgan fingerprint density at radius 2 is 2.00 bits per heavy atom. The van der Waals surface area contributed by atoms with E-state index < -0.39 is 30.7 Å². The van der Waals surface area contributed by atoms with Gasteiger partial charge < -0.3 is 29.4 Å². The summed E-state index contributed by atoms with van der Waals surface area (Å²) in [6.45, 7) is 0.399. The molecule has 5 rings (SSSR count). The Kier molecular flexibility index (Phi) is 4.80. The highest BCUT2D eigenvalue weighted by Crippen LogP contribution is 2.41. The van der Waals surface area contributed by atoms with E-state index in [4.69, 9.17) is 18.9 Å². The number of halogens is 3. The summed E-state index contributed by atoms with van der Waals surface area (Å²) in [5, 5.41) is 12.5. The van der Waals surface area contributed by atoms with Gasteiger partial charge in [-0.25, -0.2) is 0 Å². The lowest BCUT2D eigenvalue weighted by Gasteiger charge is -2.34. The van der Waals surface area contributed by atoms with Gasteiger partial charge in [0.1, 0.15) is 12.1 Å². The Balaban J connectivity index is 1.40. The average Bonchev–Trinajstić information content (AvgIpc) is 3.32. The van der Waals surface area contributed by atoms with Crippen LogP contribution in [0.5, 0.6) is 11.5 Å². The minimum Gasteiger partial charge on any atom is -0.454 e. The van der Waals surface area contributed by atoms with Crippen LogP contribution in [-0.4, -0.2) is 59.6 Å². The molecule has 0 saturated carbocycles. The molecule has 4 aliphatic rings. The molecule has 2 N–H and O–H groups in total. The lowest BCUT2D eigenvalue weighted by molar-refractivity contribution is -0.155. The lowest BCUT2D eigenvalue weighted by Crippen LogP contribution is -2.49. The number of nitrogens with one attached hydrogen (secondary N) is 1. The average molecular weight is 432 g/mol. The fourth-order valence-electron chi connectivity index (χ4n) is 3.88. The van der Waals surface area contributed by atoms with Crippen LogP contribution in [0.15, 0.2) is 23.2 Å². The molecule has 6 atom stereocenters. The first-order valence-electron chi connectivity index (χ1n) is 9.29. The normalized spacial score (nSPS) is 35.9. The van der Waals surface area contributed by atoms with Gasteiger partial charge in [0.2, 0.25) is 6.79 Å². The number of aliphatic hydroxyl groups excluding tert-OH is 1. The third kappa shape index (κ3) is 3.76. The summed E-state index contributed by atoms with van der Waals surface area (Å²) in [4.78, 5) is 4.54. The number of hydrogen-bond acceptors (Lipinski definition) is 8. The Morgan fingerprint density at radius 3 is 2.83 bits per heavy atom. The molecule has 0 aliphatic carbocycles. The number of nitrogens with zero attached hydrogens (tertiary/aromatic N) is 1. The first-order valence-corrected chi connectivity index (χ1v) is 10.2. The van der Waals surface area contributed by atoms with E-state index in [1.165, 1.54) is 11.8 Å². The van der Waals surface area contributed by atoms with Gasteiger partial charge in [0.15, 0.2) is 23.0 Å². The molecule has 1 aromatic rings. The molecule has 2 bridgehead atoms. The summed E-state index contributed by atoms with van der Waals surface area (Å²) in [7, 11) is 0.